The number of carbonyl (C=O) groups is 1. The first-order valence-electron chi connectivity index (χ1n) is 10.6. The van der Waals surface area contributed by atoms with Crippen LogP contribution in [0.25, 0.3) is 0 Å². The minimum absolute atomic E-state index is 0.0443. The van der Waals surface area contributed by atoms with Crippen LogP contribution in [0.4, 0.5) is 33.1 Å². The molecular formula is C23H23FN6O4. The van der Waals surface area contributed by atoms with Gasteiger partial charge in [0, 0.05) is 33.2 Å². The summed E-state index contributed by atoms with van der Waals surface area (Å²) in [7, 11) is 2.86. The zero-order chi connectivity index (χ0) is 24.2. The van der Waals surface area contributed by atoms with Crippen molar-refractivity contribution in [3.63, 3.8) is 0 Å². The summed E-state index contributed by atoms with van der Waals surface area (Å²) in [5, 5.41) is 12.1. The number of aromatic nitrogens is 2. The summed E-state index contributed by atoms with van der Waals surface area (Å²) in [6.45, 7) is 1.76. The number of ether oxygens (including phenoxy) is 1. The van der Waals surface area contributed by atoms with Crippen LogP contribution in [0.2, 0.25) is 0 Å². The van der Waals surface area contributed by atoms with E-state index in [0.29, 0.717) is 37.6 Å². The molecule has 2 aromatic carbocycles. The first-order valence-corrected chi connectivity index (χ1v) is 10.6. The number of nitrogens with zero attached hydrogens (tertiary/aromatic N) is 6. The highest BCUT2D eigenvalue weighted by molar-refractivity contribution is 5.97. The van der Waals surface area contributed by atoms with Gasteiger partial charge in [0.05, 0.1) is 29.0 Å². The Balaban J connectivity index is 1.65. The van der Waals surface area contributed by atoms with E-state index in [2.05, 4.69) is 9.97 Å². The van der Waals surface area contributed by atoms with Gasteiger partial charge in [0.15, 0.2) is 0 Å². The molecule has 2 heterocycles. The van der Waals surface area contributed by atoms with E-state index in [4.69, 9.17) is 4.74 Å². The molecule has 1 aliphatic rings. The highest BCUT2D eigenvalue weighted by atomic mass is 19.1. The van der Waals surface area contributed by atoms with Gasteiger partial charge in [-0.15, -0.1) is 0 Å². The number of rotatable bonds is 6. The van der Waals surface area contributed by atoms with Gasteiger partial charge >= 0.3 is 11.7 Å². The molecule has 3 aromatic rings. The number of para-hydroxylation sites is 2. The molecule has 11 heteroatoms. The molecule has 1 aliphatic heterocycles. The number of hydrogen-bond donors (Lipinski definition) is 0. The molecule has 10 nitrogen and oxygen atoms in total. The van der Waals surface area contributed by atoms with Crippen LogP contribution in [0, 0.1) is 15.9 Å². The molecule has 1 aromatic heterocycles. The minimum atomic E-state index is -0.566. The van der Waals surface area contributed by atoms with Crippen LogP contribution in [0.5, 0.6) is 0 Å². The van der Waals surface area contributed by atoms with Crippen molar-refractivity contribution in [1.29, 1.82) is 0 Å². The molecule has 0 radical (unpaired) electrons. The Kier molecular flexibility index (Phi) is 6.53. The predicted molar refractivity (Wildman–Crippen MR) is 125 cm³/mol. The fraction of sp³-hybridized carbons (Fsp3) is 0.261. The Hall–Kier alpha value is -4.28. The monoisotopic (exact) mass is 466 g/mol. The lowest BCUT2D eigenvalue weighted by Gasteiger charge is -2.36. The molecule has 176 valence electrons. The van der Waals surface area contributed by atoms with Crippen molar-refractivity contribution in [3.8, 4) is 0 Å². The van der Waals surface area contributed by atoms with Gasteiger partial charge < -0.3 is 19.4 Å². The number of halogens is 1. The van der Waals surface area contributed by atoms with Crippen LogP contribution in [0.3, 0.4) is 0 Å². The van der Waals surface area contributed by atoms with Gasteiger partial charge in [-0.05, 0) is 24.3 Å². The number of benzene rings is 2. The molecular weight excluding hydrogens is 443 g/mol. The van der Waals surface area contributed by atoms with Gasteiger partial charge in [-0.3, -0.25) is 10.1 Å². The maximum absolute atomic E-state index is 14.2. The van der Waals surface area contributed by atoms with Gasteiger partial charge in [0.1, 0.15) is 12.1 Å². The Bertz CT molecular complexity index is 1220. The van der Waals surface area contributed by atoms with Crippen LogP contribution in [0.1, 0.15) is 10.4 Å². The Morgan fingerprint density at radius 1 is 1.06 bits per heavy atom. The zero-order valence-corrected chi connectivity index (χ0v) is 18.7. The van der Waals surface area contributed by atoms with Crippen molar-refractivity contribution >= 4 is 34.7 Å². The molecule has 0 saturated carbocycles. The standard InChI is InChI=1S/C23H23FN6O4/c1-27(18-9-5-3-7-16(18)23(31)34-2)21-20(30(32)33)22(26-15-25-21)29-13-11-28(12-14-29)19-10-6-4-8-17(19)24/h3-10,15H,11-14H2,1-2H3. The summed E-state index contributed by atoms with van der Waals surface area (Å²) in [6, 6.07) is 13.2. The largest absolute Gasteiger partial charge is 0.465 e. The summed E-state index contributed by atoms with van der Waals surface area (Å²) < 4.78 is 19.0. The molecule has 4 rings (SSSR count). The summed E-state index contributed by atoms with van der Waals surface area (Å²) in [6.07, 6.45) is 1.26. The van der Waals surface area contributed by atoms with Crippen molar-refractivity contribution in [2.75, 3.05) is 55.0 Å². The van der Waals surface area contributed by atoms with E-state index in [0.717, 1.165) is 0 Å². The van der Waals surface area contributed by atoms with Crippen LogP contribution in [0.15, 0.2) is 54.9 Å². The first kappa shape index (κ1) is 22.9. The first-order chi connectivity index (χ1) is 16.4. The van der Waals surface area contributed by atoms with Gasteiger partial charge in [0.25, 0.3) is 0 Å². The molecule has 0 atom stereocenters. The summed E-state index contributed by atoms with van der Waals surface area (Å²) >= 11 is 0. The minimum Gasteiger partial charge on any atom is -0.465 e. The second-order valence-corrected chi connectivity index (χ2v) is 7.62. The third-order valence-corrected chi connectivity index (χ3v) is 5.73. The lowest BCUT2D eigenvalue weighted by atomic mass is 10.1. The summed E-state index contributed by atoms with van der Waals surface area (Å²) in [5.41, 5.74) is 0.884. The zero-order valence-electron chi connectivity index (χ0n) is 18.7. The number of nitro groups is 1. The normalized spacial score (nSPS) is 13.5. The number of carbonyl (C=O) groups excluding carboxylic acids is 1. The van der Waals surface area contributed by atoms with E-state index in [-0.39, 0.29) is 28.7 Å². The molecule has 34 heavy (non-hydrogen) atoms. The quantitative estimate of drug-likeness (QED) is 0.307. The van der Waals surface area contributed by atoms with Crippen LogP contribution >= 0.6 is 0 Å². The highest BCUT2D eigenvalue weighted by Crippen LogP contribution is 2.38. The average molecular weight is 466 g/mol. The predicted octanol–water partition coefficient (Wildman–Crippen LogP) is 3.41. The van der Waals surface area contributed by atoms with E-state index >= 15 is 0 Å². The number of hydrogen-bond acceptors (Lipinski definition) is 9. The lowest BCUT2D eigenvalue weighted by molar-refractivity contribution is -0.383. The van der Waals surface area contributed by atoms with Crippen molar-refractivity contribution in [1.82, 2.24) is 9.97 Å². The van der Waals surface area contributed by atoms with Crippen molar-refractivity contribution < 1.29 is 18.8 Å². The molecule has 0 N–H and O–H groups in total. The second-order valence-electron chi connectivity index (χ2n) is 7.62. The van der Waals surface area contributed by atoms with Crippen molar-refractivity contribution in [2.45, 2.75) is 0 Å². The SMILES string of the molecule is COC(=O)c1ccccc1N(C)c1ncnc(N2CCN(c3ccccc3F)CC2)c1[N+](=O)[O-]. The number of methoxy groups -OCH3 is 1. The molecule has 0 amide bonds. The van der Waals surface area contributed by atoms with Gasteiger partial charge in [-0.2, -0.15) is 0 Å². The van der Waals surface area contributed by atoms with Crippen molar-refractivity contribution in [3.05, 3.63) is 76.4 Å². The molecule has 0 unspecified atom stereocenters. The maximum atomic E-state index is 14.2. The number of piperazine rings is 1. The second kappa shape index (κ2) is 9.69. The van der Waals surface area contributed by atoms with Gasteiger partial charge in [0.2, 0.25) is 11.6 Å². The molecule has 0 bridgehead atoms. The number of anilines is 4. The Morgan fingerprint density at radius 2 is 1.71 bits per heavy atom. The molecule has 1 saturated heterocycles. The summed E-state index contributed by atoms with van der Waals surface area (Å²) in [5.74, 6) is -0.658. The van der Waals surface area contributed by atoms with Gasteiger partial charge in [-0.1, -0.05) is 24.3 Å². The van der Waals surface area contributed by atoms with Gasteiger partial charge in [-0.25, -0.2) is 19.2 Å². The molecule has 0 spiro atoms. The summed E-state index contributed by atoms with van der Waals surface area (Å²) in [4.78, 5) is 37.4. The smallest absolute Gasteiger partial charge is 0.353 e. The van der Waals surface area contributed by atoms with E-state index in [1.807, 2.05) is 4.90 Å². The molecule has 1 fully saturated rings. The third kappa shape index (κ3) is 4.32. The fourth-order valence-electron chi connectivity index (χ4n) is 4.03. The van der Waals surface area contributed by atoms with E-state index in [1.54, 1.807) is 54.4 Å². The number of esters is 1. The van der Waals surface area contributed by atoms with E-state index in [9.17, 15) is 19.3 Å². The van der Waals surface area contributed by atoms with E-state index < -0.39 is 10.9 Å². The maximum Gasteiger partial charge on any atom is 0.353 e. The average Bonchev–Trinajstić information content (AvgIpc) is 2.87. The highest BCUT2D eigenvalue weighted by Gasteiger charge is 2.32. The van der Waals surface area contributed by atoms with Crippen LogP contribution in [-0.2, 0) is 4.74 Å². The lowest BCUT2D eigenvalue weighted by Crippen LogP contribution is -2.47. The van der Waals surface area contributed by atoms with Crippen LogP contribution in [-0.4, -0.2) is 61.2 Å². The topological polar surface area (TPSA) is 105 Å². The Labute approximate surface area is 195 Å². The van der Waals surface area contributed by atoms with E-state index in [1.165, 1.54) is 24.4 Å². The fourth-order valence-corrected chi connectivity index (χ4v) is 4.03. The Morgan fingerprint density at radius 3 is 2.38 bits per heavy atom. The van der Waals surface area contributed by atoms with Crippen LogP contribution < -0.4 is 14.7 Å². The molecule has 0 aliphatic carbocycles. The van der Waals surface area contributed by atoms with Crippen molar-refractivity contribution in [2.24, 2.45) is 0 Å². The third-order valence-electron chi connectivity index (χ3n) is 5.73.